The second-order valence-electron chi connectivity index (χ2n) is 3.65. The first-order valence-electron chi connectivity index (χ1n) is 5.78. The van der Waals surface area contributed by atoms with Gasteiger partial charge >= 0.3 is 0 Å². The van der Waals surface area contributed by atoms with Crippen molar-refractivity contribution in [1.82, 2.24) is 4.98 Å². The third kappa shape index (κ3) is 4.00. The van der Waals surface area contributed by atoms with Gasteiger partial charge in [-0.3, -0.25) is 0 Å². The van der Waals surface area contributed by atoms with E-state index >= 15 is 0 Å². The first-order chi connectivity index (χ1) is 9.81. The van der Waals surface area contributed by atoms with Crippen molar-refractivity contribution in [3.8, 4) is 11.2 Å². The smallest absolute Gasteiger partial charge is 0.182 e. The van der Waals surface area contributed by atoms with Crippen molar-refractivity contribution < 1.29 is 4.74 Å². The summed E-state index contributed by atoms with van der Waals surface area (Å²) in [6.07, 6.45) is 1.65. The van der Waals surface area contributed by atoms with Gasteiger partial charge in [0.05, 0.1) is 7.11 Å². The molecule has 0 saturated heterocycles. The molecule has 1 aromatic carbocycles. The first-order valence-corrected chi connectivity index (χ1v) is 6.60. The summed E-state index contributed by atoms with van der Waals surface area (Å²) < 4.78 is 5.09. The minimum absolute atomic E-state index is 0.469. The molecule has 0 unspecified atom stereocenters. The Morgan fingerprint density at radius 2 is 2.10 bits per heavy atom. The normalized spacial score (nSPS) is 10.7. The lowest BCUT2D eigenvalue weighted by atomic mass is 10.3. The highest BCUT2D eigenvalue weighted by Gasteiger charge is 2.02. The number of nitriles is 1. The molecule has 0 spiro atoms. The Balaban J connectivity index is 2.17. The number of nitrogens with one attached hydrogen (secondary N) is 1. The van der Waals surface area contributed by atoms with E-state index in [-0.39, 0.29) is 0 Å². The number of hydrogen-bond acceptors (Lipinski definition) is 5. The molecule has 0 aliphatic rings. The third-order valence-corrected chi connectivity index (χ3v) is 2.83. The van der Waals surface area contributed by atoms with E-state index in [2.05, 4.69) is 15.3 Å². The van der Waals surface area contributed by atoms with Gasteiger partial charge in [-0.05, 0) is 36.4 Å². The highest BCUT2D eigenvalue weighted by atomic mass is 32.2. The van der Waals surface area contributed by atoms with Crippen LogP contribution in [0, 0.1) is 10.7 Å². The van der Waals surface area contributed by atoms with Crippen molar-refractivity contribution in [2.45, 2.75) is 0 Å². The first kappa shape index (κ1) is 13.9. The summed E-state index contributed by atoms with van der Waals surface area (Å²) in [5.41, 5.74) is 0.822. The van der Waals surface area contributed by atoms with E-state index in [9.17, 15) is 0 Å². The van der Waals surface area contributed by atoms with Gasteiger partial charge in [0.2, 0.25) is 0 Å². The topological polar surface area (TPSA) is 70.3 Å². The maximum atomic E-state index is 8.83. The summed E-state index contributed by atoms with van der Waals surface area (Å²) >= 11 is 0.949. The Hall–Kier alpha value is -2.52. The molecule has 2 aromatic rings. The molecular formula is C14H12N4OS. The number of nitrogens with zero attached hydrogens (tertiary/aromatic N) is 3. The number of thiocyanates is 1. The number of aliphatic imine (C=N–C) groups is 1. The van der Waals surface area contributed by atoms with Crippen LogP contribution in [0.1, 0.15) is 0 Å². The molecule has 0 fully saturated rings. The fourth-order valence-corrected chi connectivity index (χ4v) is 1.84. The number of ether oxygens (including phenoxy) is 1. The van der Waals surface area contributed by atoms with Crippen molar-refractivity contribution >= 4 is 28.4 Å². The summed E-state index contributed by atoms with van der Waals surface area (Å²) in [7, 11) is 1.61. The van der Waals surface area contributed by atoms with Gasteiger partial charge < -0.3 is 10.1 Å². The lowest BCUT2D eigenvalue weighted by Crippen LogP contribution is -2.06. The van der Waals surface area contributed by atoms with Gasteiger partial charge in [0.15, 0.2) is 11.0 Å². The minimum Gasteiger partial charge on any atom is -0.497 e. The van der Waals surface area contributed by atoms with Crippen molar-refractivity contribution in [2.24, 2.45) is 4.99 Å². The van der Waals surface area contributed by atoms with E-state index in [0.29, 0.717) is 11.0 Å². The Morgan fingerprint density at radius 3 is 2.70 bits per heavy atom. The largest absolute Gasteiger partial charge is 0.497 e. The van der Waals surface area contributed by atoms with Gasteiger partial charge in [-0.1, -0.05) is 6.07 Å². The van der Waals surface area contributed by atoms with Crippen LogP contribution in [0.4, 0.5) is 11.5 Å². The molecule has 0 atom stereocenters. The van der Waals surface area contributed by atoms with Gasteiger partial charge in [-0.15, -0.1) is 0 Å². The van der Waals surface area contributed by atoms with Crippen molar-refractivity contribution in [3.05, 3.63) is 48.7 Å². The van der Waals surface area contributed by atoms with E-state index in [4.69, 9.17) is 10.00 Å². The van der Waals surface area contributed by atoms with E-state index in [0.717, 1.165) is 23.2 Å². The maximum Gasteiger partial charge on any atom is 0.182 e. The van der Waals surface area contributed by atoms with E-state index in [1.54, 1.807) is 19.4 Å². The van der Waals surface area contributed by atoms with Crippen molar-refractivity contribution in [3.63, 3.8) is 0 Å². The molecule has 1 N–H and O–H groups in total. The minimum atomic E-state index is 0.469. The molecule has 0 aliphatic heterocycles. The molecule has 2 rings (SSSR count). The van der Waals surface area contributed by atoms with E-state index < -0.39 is 0 Å². The monoisotopic (exact) mass is 284 g/mol. The zero-order chi connectivity index (χ0) is 14.2. The van der Waals surface area contributed by atoms with Crippen LogP contribution < -0.4 is 10.1 Å². The third-order valence-electron chi connectivity index (χ3n) is 2.35. The average molecular weight is 284 g/mol. The molecule has 1 heterocycles. The van der Waals surface area contributed by atoms with E-state index in [1.165, 1.54) is 0 Å². The molecule has 1 aromatic heterocycles. The van der Waals surface area contributed by atoms with E-state index in [1.807, 2.05) is 41.8 Å². The van der Waals surface area contributed by atoms with Crippen molar-refractivity contribution in [2.75, 3.05) is 12.4 Å². The second kappa shape index (κ2) is 7.16. The predicted molar refractivity (Wildman–Crippen MR) is 81.2 cm³/mol. The van der Waals surface area contributed by atoms with Crippen LogP contribution in [-0.2, 0) is 0 Å². The second-order valence-corrected chi connectivity index (χ2v) is 4.43. The number of pyridine rings is 1. The molecular weight excluding hydrogens is 272 g/mol. The van der Waals surface area contributed by atoms with Gasteiger partial charge in [0.1, 0.15) is 11.2 Å². The molecule has 100 valence electrons. The van der Waals surface area contributed by atoms with Crippen LogP contribution in [0.25, 0.3) is 0 Å². The van der Waals surface area contributed by atoms with Gasteiger partial charge in [0.25, 0.3) is 0 Å². The number of thioether (sulfide) groups is 1. The number of amidine groups is 1. The molecule has 6 heteroatoms. The number of anilines is 1. The number of rotatable bonds is 3. The number of methoxy groups -OCH3 is 1. The van der Waals surface area contributed by atoms with Gasteiger partial charge in [-0.2, -0.15) is 5.26 Å². The highest BCUT2D eigenvalue weighted by Crippen LogP contribution is 2.18. The lowest BCUT2D eigenvalue weighted by molar-refractivity contribution is 0.415. The van der Waals surface area contributed by atoms with Crippen LogP contribution in [-0.4, -0.2) is 17.3 Å². The van der Waals surface area contributed by atoms with Crippen LogP contribution in [0.15, 0.2) is 53.7 Å². The number of aromatic nitrogens is 1. The Morgan fingerprint density at radius 1 is 1.30 bits per heavy atom. The molecule has 0 saturated carbocycles. The molecule has 5 nitrogen and oxygen atoms in total. The summed E-state index contributed by atoms with van der Waals surface area (Å²) in [4.78, 5) is 8.39. The Kier molecular flexibility index (Phi) is 4.98. The van der Waals surface area contributed by atoms with Crippen LogP contribution >= 0.6 is 11.8 Å². The zero-order valence-electron chi connectivity index (χ0n) is 10.8. The van der Waals surface area contributed by atoms with Gasteiger partial charge in [0, 0.05) is 23.6 Å². The average Bonchev–Trinajstić information content (AvgIpc) is 2.49. The summed E-state index contributed by atoms with van der Waals surface area (Å²) in [5, 5.41) is 14.4. The van der Waals surface area contributed by atoms with Crippen LogP contribution in [0.3, 0.4) is 0 Å². The molecule has 0 amide bonds. The zero-order valence-corrected chi connectivity index (χ0v) is 11.6. The SMILES string of the molecule is COc1ccc(N/C(=N\c2ccccn2)SC#N)cc1. The quantitative estimate of drug-likeness (QED) is 0.531. The fourth-order valence-electron chi connectivity index (χ4n) is 1.44. The van der Waals surface area contributed by atoms with Crippen molar-refractivity contribution in [1.29, 1.82) is 5.26 Å². The highest BCUT2D eigenvalue weighted by molar-refractivity contribution is 8.18. The number of hydrogen-bond donors (Lipinski definition) is 1. The molecule has 20 heavy (non-hydrogen) atoms. The molecule has 0 radical (unpaired) electrons. The predicted octanol–water partition coefficient (Wildman–Crippen LogP) is 3.40. The molecule has 0 bridgehead atoms. The summed E-state index contributed by atoms with van der Waals surface area (Å²) in [5.74, 6) is 1.32. The number of benzene rings is 1. The Labute approximate surface area is 121 Å². The molecule has 0 aliphatic carbocycles. The summed E-state index contributed by atoms with van der Waals surface area (Å²) in [6, 6.07) is 12.8. The van der Waals surface area contributed by atoms with Crippen LogP contribution in [0.5, 0.6) is 5.75 Å². The standard InChI is InChI=1S/C14H12N4OS/c1-19-12-7-5-11(6-8-12)17-14(20-10-15)18-13-4-2-3-9-16-13/h2-9H,1H3,(H,16,17,18). The lowest BCUT2D eigenvalue weighted by Gasteiger charge is -2.07. The van der Waals surface area contributed by atoms with Gasteiger partial charge in [-0.25, -0.2) is 9.98 Å². The fraction of sp³-hybridized carbons (Fsp3) is 0.0714. The Bertz CT molecular complexity index is 620. The van der Waals surface area contributed by atoms with Crippen LogP contribution in [0.2, 0.25) is 0 Å². The summed E-state index contributed by atoms with van der Waals surface area (Å²) in [6.45, 7) is 0. The maximum absolute atomic E-state index is 8.83.